The Morgan fingerprint density at radius 1 is 1.39 bits per heavy atom. The summed E-state index contributed by atoms with van der Waals surface area (Å²) in [5, 5.41) is 3.57. The molecule has 28 heavy (non-hydrogen) atoms. The normalized spacial score (nSPS) is 15.5. The van der Waals surface area contributed by atoms with Gasteiger partial charge >= 0.3 is 5.97 Å². The molecule has 1 aromatic heterocycles. The van der Waals surface area contributed by atoms with E-state index in [0.29, 0.717) is 39.3 Å². The lowest BCUT2D eigenvalue weighted by Gasteiger charge is -2.28. The van der Waals surface area contributed by atoms with Gasteiger partial charge in [0.2, 0.25) is 0 Å². The standard InChI is InChI=1S/C20H21N3O4S/c1-5-9-28-20-22-17-16(18(24)23-20)15(12-7-6-8-13(10-12)26-3)14(11(2)21-17)19(25)27-4/h5-8,10,15H,1,9H2,2-4H3,(H2,21,22,23,24). The van der Waals surface area contributed by atoms with Gasteiger partial charge in [0.1, 0.15) is 11.6 Å². The van der Waals surface area contributed by atoms with Crippen molar-refractivity contribution in [3.05, 3.63) is 69.7 Å². The first-order valence-electron chi connectivity index (χ1n) is 8.58. The number of hydrogen-bond donors (Lipinski definition) is 2. The molecule has 2 N–H and O–H groups in total. The Bertz CT molecular complexity index is 1010. The molecule has 2 heterocycles. The summed E-state index contributed by atoms with van der Waals surface area (Å²) in [6, 6.07) is 7.27. The molecule has 0 radical (unpaired) electrons. The molecule has 1 unspecified atom stereocenters. The molecule has 1 aliphatic heterocycles. The van der Waals surface area contributed by atoms with Crippen molar-refractivity contribution < 1.29 is 14.3 Å². The van der Waals surface area contributed by atoms with Crippen LogP contribution in [0.4, 0.5) is 5.82 Å². The number of esters is 1. The van der Waals surface area contributed by atoms with Crippen molar-refractivity contribution in [1.29, 1.82) is 0 Å². The Hall–Kier alpha value is -3.00. The summed E-state index contributed by atoms with van der Waals surface area (Å²) in [5.41, 5.74) is 1.74. The van der Waals surface area contributed by atoms with Crippen LogP contribution in [0, 0.1) is 0 Å². The molecule has 7 nitrogen and oxygen atoms in total. The fraction of sp³-hybridized carbons (Fsp3) is 0.250. The van der Waals surface area contributed by atoms with Crippen LogP contribution >= 0.6 is 11.8 Å². The molecule has 0 amide bonds. The number of methoxy groups -OCH3 is 2. The maximum atomic E-state index is 13.0. The van der Waals surface area contributed by atoms with Crippen LogP contribution in [0.3, 0.4) is 0 Å². The molecule has 0 bridgehead atoms. The predicted molar refractivity (Wildman–Crippen MR) is 109 cm³/mol. The van der Waals surface area contributed by atoms with Crippen molar-refractivity contribution >= 4 is 23.5 Å². The molecule has 0 aliphatic carbocycles. The minimum atomic E-state index is -0.631. The third-order valence-corrected chi connectivity index (χ3v) is 5.26. The number of nitrogens with one attached hydrogen (secondary N) is 2. The first-order chi connectivity index (χ1) is 13.5. The fourth-order valence-electron chi connectivity index (χ4n) is 3.17. The average Bonchev–Trinajstić information content (AvgIpc) is 2.70. The number of anilines is 1. The number of ether oxygens (including phenoxy) is 2. The van der Waals surface area contributed by atoms with E-state index >= 15 is 0 Å². The summed E-state index contributed by atoms with van der Waals surface area (Å²) in [4.78, 5) is 32.8. The molecule has 0 spiro atoms. The van der Waals surface area contributed by atoms with E-state index in [1.807, 2.05) is 12.1 Å². The lowest BCUT2D eigenvalue weighted by atomic mass is 9.82. The summed E-state index contributed by atoms with van der Waals surface area (Å²) in [6.45, 7) is 5.44. The molecular weight excluding hydrogens is 378 g/mol. The van der Waals surface area contributed by atoms with E-state index in [0.717, 1.165) is 5.56 Å². The molecular formula is C20H21N3O4S. The van der Waals surface area contributed by atoms with E-state index in [4.69, 9.17) is 9.47 Å². The van der Waals surface area contributed by atoms with E-state index in [1.165, 1.54) is 18.9 Å². The van der Waals surface area contributed by atoms with Crippen LogP contribution < -0.4 is 15.6 Å². The summed E-state index contributed by atoms with van der Waals surface area (Å²) >= 11 is 1.37. The number of fused-ring (bicyclic) bond motifs is 1. The molecule has 2 aromatic rings. The molecule has 0 saturated carbocycles. The quantitative estimate of drug-likeness (QED) is 0.334. The van der Waals surface area contributed by atoms with Gasteiger partial charge in [-0.3, -0.25) is 4.79 Å². The number of aromatic amines is 1. The second-order valence-corrected chi connectivity index (χ2v) is 7.11. The van der Waals surface area contributed by atoms with Gasteiger partial charge in [-0.2, -0.15) is 0 Å². The van der Waals surface area contributed by atoms with Crippen molar-refractivity contribution in [3.63, 3.8) is 0 Å². The summed E-state index contributed by atoms with van der Waals surface area (Å²) in [5.74, 6) is 0.528. The van der Waals surface area contributed by atoms with Gasteiger partial charge in [-0.15, -0.1) is 6.58 Å². The van der Waals surface area contributed by atoms with Crippen molar-refractivity contribution in [2.75, 3.05) is 25.3 Å². The van der Waals surface area contributed by atoms with Crippen molar-refractivity contribution in [3.8, 4) is 5.75 Å². The van der Waals surface area contributed by atoms with Gasteiger partial charge in [-0.25, -0.2) is 9.78 Å². The predicted octanol–water partition coefficient (Wildman–Crippen LogP) is 3.06. The zero-order chi connectivity index (χ0) is 20.3. The van der Waals surface area contributed by atoms with Crippen LogP contribution in [0.5, 0.6) is 5.75 Å². The van der Waals surface area contributed by atoms with Crippen LogP contribution in [-0.2, 0) is 9.53 Å². The van der Waals surface area contributed by atoms with Gasteiger partial charge in [-0.05, 0) is 24.6 Å². The number of aromatic nitrogens is 2. The number of benzene rings is 1. The SMILES string of the molecule is C=CCSc1nc2c(c(=O)[nH]1)C(c1cccc(OC)c1)C(C(=O)OC)=C(C)N2. The molecule has 1 atom stereocenters. The molecule has 8 heteroatoms. The Labute approximate surface area is 166 Å². The molecule has 1 aromatic carbocycles. The number of rotatable bonds is 6. The first-order valence-corrected chi connectivity index (χ1v) is 9.56. The van der Waals surface area contributed by atoms with Crippen molar-refractivity contribution in [2.24, 2.45) is 0 Å². The Kier molecular flexibility index (Phi) is 5.89. The number of nitrogens with zero attached hydrogens (tertiary/aromatic N) is 1. The highest BCUT2D eigenvalue weighted by atomic mass is 32.2. The molecule has 1 aliphatic rings. The van der Waals surface area contributed by atoms with Crippen LogP contribution in [-0.4, -0.2) is 35.9 Å². The largest absolute Gasteiger partial charge is 0.497 e. The molecule has 0 saturated heterocycles. The Balaban J connectivity index is 2.22. The number of carbonyl (C=O) groups excluding carboxylic acids is 1. The van der Waals surface area contributed by atoms with Gasteiger partial charge < -0.3 is 19.8 Å². The Morgan fingerprint density at radius 2 is 2.18 bits per heavy atom. The van der Waals surface area contributed by atoms with Gasteiger partial charge in [0, 0.05) is 11.4 Å². The van der Waals surface area contributed by atoms with Crippen LogP contribution in [0.1, 0.15) is 24.0 Å². The Morgan fingerprint density at radius 3 is 2.86 bits per heavy atom. The summed E-state index contributed by atoms with van der Waals surface area (Å²) in [7, 11) is 2.88. The summed E-state index contributed by atoms with van der Waals surface area (Å²) < 4.78 is 10.3. The van der Waals surface area contributed by atoms with E-state index in [-0.39, 0.29) is 5.56 Å². The monoisotopic (exact) mass is 399 g/mol. The lowest BCUT2D eigenvalue weighted by molar-refractivity contribution is -0.136. The van der Waals surface area contributed by atoms with Crippen LogP contribution in [0.25, 0.3) is 0 Å². The van der Waals surface area contributed by atoms with E-state index < -0.39 is 11.9 Å². The number of H-pyrrole nitrogens is 1. The minimum Gasteiger partial charge on any atom is -0.497 e. The lowest BCUT2D eigenvalue weighted by Crippen LogP contribution is -2.31. The van der Waals surface area contributed by atoms with Crippen molar-refractivity contribution in [2.45, 2.75) is 18.0 Å². The highest BCUT2D eigenvalue weighted by Gasteiger charge is 2.36. The van der Waals surface area contributed by atoms with Crippen LogP contribution in [0.2, 0.25) is 0 Å². The minimum absolute atomic E-state index is 0.314. The molecule has 3 rings (SSSR count). The highest BCUT2D eigenvalue weighted by molar-refractivity contribution is 7.99. The molecule has 146 valence electrons. The second-order valence-electron chi connectivity index (χ2n) is 6.10. The van der Waals surface area contributed by atoms with Crippen molar-refractivity contribution in [1.82, 2.24) is 9.97 Å². The average molecular weight is 399 g/mol. The van der Waals surface area contributed by atoms with E-state index in [9.17, 15) is 9.59 Å². The zero-order valence-electron chi connectivity index (χ0n) is 15.9. The second kappa shape index (κ2) is 8.35. The third kappa shape index (κ3) is 3.68. The fourth-order valence-corrected chi connectivity index (χ4v) is 3.77. The smallest absolute Gasteiger partial charge is 0.336 e. The first kappa shape index (κ1) is 19.8. The van der Waals surface area contributed by atoms with Gasteiger partial charge in [0.15, 0.2) is 5.16 Å². The maximum absolute atomic E-state index is 13.0. The zero-order valence-corrected chi connectivity index (χ0v) is 16.7. The number of allylic oxidation sites excluding steroid dienone is 1. The van der Waals surface area contributed by atoms with Gasteiger partial charge in [0.25, 0.3) is 5.56 Å². The van der Waals surface area contributed by atoms with Gasteiger partial charge in [0.05, 0.1) is 31.3 Å². The number of carbonyl (C=O) groups is 1. The number of thioether (sulfide) groups is 1. The highest BCUT2D eigenvalue weighted by Crippen LogP contribution is 2.40. The van der Waals surface area contributed by atoms with E-state index in [2.05, 4.69) is 21.9 Å². The van der Waals surface area contributed by atoms with Gasteiger partial charge in [-0.1, -0.05) is 30.0 Å². The maximum Gasteiger partial charge on any atom is 0.336 e. The molecule has 0 fully saturated rings. The number of hydrogen-bond acceptors (Lipinski definition) is 7. The van der Waals surface area contributed by atoms with Crippen LogP contribution in [0.15, 0.2) is 58.1 Å². The summed E-state index contributed by atoms with van der Waals surface area (Å²) in [6.07, 6.45) is 1.73. The topological polar surface area (TPSA) is 93.3 Å². The van der Waals surface area contributed by atoms with E-state index in [1.54, 1.807) is 32.2 Å². The third-order valence-electron chi connectivity index (χ3n) is 4.39.